The number of nitrogens with zero attached hydrogens (tertiary/aromatic N) is 4. The number of unbranched alkanes of at least 4 members (excludes halogenated alkanes) is 1. The van der Waals surface area contributed by atoms with Crippen LogP contribution in [0.3, 0.4) is 0 Å². The van der Waals surface area contributed by atoms with Crippen LogP contribution in [0.25, 0.3) is 11.0 Å². The van der Waals surface area contributed by atoms with Crippen LogP contribution in [0.1, 0.15) is 25.6 Å². The highest BCUT2D eigenvalue weighted by molar-refractivity contribution is 7.89. The molecule has 0 unspecified atom stereocenters. The summed E-state index contributed by atoms with van der Waals surface area (Å²) in [5.74, 6) is 0.984. The fourth-order valence-corrected chi connectivity index (χ4v) is 4.56. The first-order valence-corrected chi connectivity index (χ1v) is 12.0. The maximum Gasteiger partial charge on any atom is 0.238 e. The normalized spacial score (nSPS) is 15.7. The summed E-state index contributed by atoms with van der Waals surface area (Å²) in [4.78, 5) is 9.74. The van der Waals surface area contributed by atoms with Crippen molar-refractivity contribution in [1.82, 2.24) is 14.5 Å². The van der Waals surface area contributed by atoms with E-state index in [1.54, 1.807) is 12.1 Å². The van der Waals surface area contributed by atoms with Crippen LogP contribution in [-0.4, -0.2) is 49.0 Å². The molecule has 1 aliphatic rings. The molecule has 1 saturated heterocycles. The zero-order valence-corrected chi connectivity index (χ0v) is 18.2. The van der Waals surface area contributed by atoms with Crippen LogP contribution in [0.5, 0.6) is 0 Å². The highest BCUT2D eigenvalue weighted by Gasteiger charge is 2.21. The molecular formula is C22H29N5O2S. The molecule has 0 bridgehead atoms. The molecule has 4 rings (SSSR count). The predicted octanol–water partition coefficient (Wildman–Crippen LogP) is 2.81. The number of para-hydroxylation sites is 1. The number of anilines is 1. The Hall–Kier alpha value is -2.42. The average Bonchev–Trinajstić information content (AvgIpc) is 3.09. The van der Waals surface area contributed by atoms with Crippen LogP contribution in [0, 0.1) is 0 Å². The zero-order valence-electron chi connectivity index (χ0n) is 17.4. The third-order valence-corrected chi connectivity index (χ3v) is 6.63. The van der Waals surface area contributed by atoms with Crippen LogP contribution in [-0.2, 0) is 23.1 Å². The molecule has 0 amide bonds. The Kier molecular flexibility index (Phi) is 6.08. The summed E-state index contributed by atoms with van der Waals surface area (Å²) in [5, 5.41) is 5.31. The molecule has 160 valence electrons. The number of piperazine rings is 1. The van der Waals surface area contributed by atoms with Gasteiger partial charge in [-0.05, 0) is 36.8 Å². The third-order valence-electron chi connectivity index (χ3n) is 5.72. The van der Waals surface area contributed by atoms with E-state index in [4.69, 9.17) is 10.1 Å². The van der Waals surface area contributed by atoms with Gasteiger partial charge in [0, 0.05) is 38.4 Å². The molecule has 2 heterocycles. The number of aromatic nitrogens is 2. The van der Waals surface area contributed by atoms with E-state index in [0.717, 1.165) is 63.5 Å². The van der Waals surface area contributed by atoms with Gasteiger partial charge in [0.15, 0.2) is 0 Å². The lowest BCUT2D eigenvalue weighted by Gasteiger charge is -2.36. The van der Waals surface area contributed by atoms with Gasteiger partial charge in [-0.3, -0.25) is 4.90 Å². The molecular weight excluding hydrogens is 398 g/mol. The first-order valence-electron chi connectivity index (χ1n) is 10.5. The fourth-order valence-electron chi connectivity index (χ4n) is 4.03. The lowest BCUT2D eigenvalue weighted by molar-refractivity contribution is 0.241. The minimum absolute atomic E-state index is 0.109. The van der Waals surface area contributed by atoms with Crippen molar-refractivity contribution in [3.8, 4) is 0 Å². The fraction of sp³-hybridized carbons (Fsp3) is 0.409. The number of fused-ring (bicyclic) bond motifs is 1. The second-order valence-electron chi connectivity index (χ2n) is 7.83. The van der Waals surface area contributed by atoms with Crippen molar-refractivity contribution < 1.29 is 8.42 Å². The Bertz CT molecular complexity index is 1100. The summed E-state index contributed by atoms with van der Waals surface area (Å²) in [6.45, 7) is 7.69. The van der Waals surface area contributed by atoms with E-state index in [2.05, 4.69) is 45.6 Å². The first-order chi connectivity index (χ1) is 14.5. The smallest absolute Gasteiger partial charge is 0.238 e. The number of primary sulfonamides is 1. The number of benzene rings is 2. The first kappa shape index (κ1) is 20.8. The summed E-state index contributed by atoms with van der Waals surface area (Å²) < 4.78 is 25.7. The topological polar surface area (TPSA) is 84.5 Å². The number of imidazole rings is 1. The molecule has 8 heteroatoms. The number of sulfonamides is 1. The van der Waals surface area contributed by atoms with Gasteiger partial charge in [-0.1, -0.05) is 31.5 Å². The summed E-state index contributed by atoms with van der Waals surface area (Å²) in [6, 6.07) is 15.5. The predicted molar refractivity (Wildman–Crippen MR) is 120 cm³/mol. The van der Waals surface area contributed by atoms with Gasteiger partial charge < -0.3 is 9.47 Å². The van der Waals surface area contributed by atoms with Crippen LogP contribution in [0.4, 0.5) is 5.69 Å². The van der Waals surface area contributed by atoms with Crippen LogP contribution in [0.15, 0.2) is 53.4 Å². The number of hydrogen-bond donors (Lipinski definition) is 1. The van der Waals surface area contributed by atoms with Crippen molar-refractivity contribution in [3.05, 3.63) is 54.4 Å². The minimum atomic E-state index is -3.74. The van der Waals surface area contributed by atoms with Crippen molar-refractivity contribution in [1.29, 1.82) is 0 Å². The summed E-state index contributed by atoms with van der Waals surface area (Å²) >= 11 is 0. The molecule has 30 heavy (non-hydrogen) atoms. The van der Waals surface area contributed by atoms with Gasteiger partial charge in [-0.15, -0.1) is 0 Å². The molecule has 1 aliphatic heterocycles. The highest BCUT2D eigenvalue weighted by atomic mass is 32.2. The molecule has 3 aromatic rings. The van der Waals surface area contributed by atoms with Crippen LogP contribution in [0.2, 0.25) is 0 Å². The number of hydrogen-bond acceptors (Lipinski definition) is 5. The molecule has 0 aliphatic carbocycles. The molecule has 2 aromatic carbocycles. The second-order valence-corrected chi connectivity index (χ2v) is 9.39. The lowest BCUT2D eigenvalue weighted by atomic mass is 10.2. The molecule has 0 radical (unpaired) electrons. The minimum Gasteiger partial charge on any atom is -0.369 e. The maximum absolute atomic E-state index is 11.7. The molecule has 1 aromatic heterocycles. The maximum atomic E-state index is 11.7. The van der Waals surface area contributed by atoms with Gasteiger partial charge in [0.1, 0.15) is 5.82 Å². The Morgan fingerprint density at radius 1 is 1.03 bits per heavy atom. The summed E-state index contributed by atoms with van der Waals surface area (Å²) in [5.41, 5.74) is 2.92. The standard InChI is InChI=1S/C22H29N5O2S/c1-2-3-11-27-21-10-9-19(30(23,28)29)16-20(21)24-22(27)17-25-12-14-26(15-13-25)18-7-5-4-6-8-18/h4-10,16H,2-3,11-15,17H2,1H3,(H2,23,28,29). The molecule has 2 N–H and O–H groups in total. The van der Waals surface area contributed by atoms with E-state index in [0.29, 0.717) is 5.52 Å². The van der Waals surface area contributed by atoms with Crippen molar-refractivity contribution in [2.24, 2.45) is 5.14 Å². The van der Waals surface area contributed by atoms with Crippen molar-refractivity contribution >= 4 is 26.7 Å². The monoisotopic (exact) mass is 427 g/mol. The van der Waals surface area contributed by atoms with Gasteiger partial charge in [-0.25, -0.2) is 18.5 Å². The van der Waals surface area contributed by atoms with Crippen LogP contribution >= 0.6 is 0 Å². The number of nitrogens with two attached hydrogens (primary N) is 1. The van der Waals surface area contributed by atoms with E-state index in [1.807, 2.05) is 12.1 Å². The summed E-state index contributed by atoms with van der Waals surface area (Å²) in [6.07, 6.45) is 2.14. The molecule has 0 spiro atoms. The van der Waals surface area contributed by atoms with Crippen molar-refractivity contribution in [2.45, 2.75) is 37.8 Å². The Balaban J connectivity index is 1.54. The SMILES string of the molecule is CCCCn1c(CN2CCN(c3ccccc3)CC2)nc2cc(S(N)(=O)=O)ccc21. The van der Waals surface area contributed by atoms with Gasteiger partial charge >= 0.3 is 0 Å². The van der Waals surface area contributed by atoms with Crippen molar-refractivity contribution in [3.63, 3.8) is 0 Å². The van der Waals surface area contributed by atoms with E-state index < -0.39 is 10.0 Å². The summed E-state index contributed by atoms with van der Waals surface area (Å²) in [7, 11) is -3.74. The van der Waals surface area contributed by atoms with Gasteiger partial charge in [-0.2, -0.15) is 0 Å². The number of aryl methyl sites for hydroxylation is 1. The third kappa shape index (κ3) is 4.50. The van der Waals surface area contributed by atoms with Gasteiger partial charge in [0.25, 0.3) is 0 Å². The van der Waals surface area contributed by atoms with Crippen LogP contribution < -0.4 is 10.0 Å². The largest absolute Gasteiger partial charge is 0.369 e. The highest BCUT2D eigenvalue weighted by Crippen LogP contribution is 2.23. The van der Waals surface area contributed by atoms with Gasteiger partial charge in [0.05, 0.1) is 22.5 Å². The van der Waals surface area contributed by atoms with E-state index in [-0.39, 0.29) is 4.90 Å². The quantitative estimate of drug-likeness (QED) is 0.627. The molecule has 0 saturated carbocycles. The molecule has 7 nitrogen and oxygen atoms in total. The molecule has 1 fully saturated rings. The van der Waals surface area contributed by atoms with Gasteiger partial charge in [0.2, 0.25) is 10.0 Å². The van der Waals surface area contributed by atoms with Crippen molar-refractivity contribution in [2.75, 3.05) is 31.1 Å². The van der Waals surface area contributed by atoms with E-state index >= 15 is 0 Å². The second kappa shape index (κ2) is 8.75. The Morgan fingerprint density at radius 2 is 1.77 bits per heavy atom. The van der Waals surface area contributed by atoms with E-state index in [1.165, 1.54) is 5.69 Å². The Labute approximate surface area is 178 Å². The average molecular weight is 428 g/mol. The zero-order chi connectivity index (χ0) is 21.1. The van der Waals surface area contributed by atoms with E-state index in [9.17, 15) is 8.42 Å². The Morgan fingerprint density at radius 3 is 2.43 bits per heavy atom. The number of rotatable bonds is 7. The lowest BCUT2D eigenvalue weighted by Crippen LogP contribution is -2.46. The molecule has 0 atom stereocenters.